The first kappa shape index (κ1) is 23.9. The van der Waals surface area contributed by atoms with E-state index in [9.17, 15) is 9.18 Å². The van der Waals surface area contributed by atoms with Gasteiger partial charge in [0.05, 0.1) is 11.3 Å². The first-order valence-electron chi connectivity index (χ1n) is 12.4. The summed E-state index contributed by atoms with van der Waals surface area (Å²) < 4.78 is 15.2. The van der Waals surface area contributed by atoms with Crippen LogP contribution >= 0.6 is 0 Å². The number of pyridine rings is 1. The molecule has 1 aliphatic heterocycles. The number of nitrogens with zero attached hydrogens (tertiary/aromatic N) is 4. The number of anilines is 1. The molecule has 1 atom stereocenters. The molecule has 0 bridgehead atoms. The van der Waals surface area contributed by atoms with Crippen LogP contribution < -0.4 is 10.9 Å². The number of nitrogens with one attached hydrogen (secondary N) is 1. The molecule has 0 spiro atoms. The summed E-state index contributed by atoms with van der Waals surface area (Å²) in [6.07, 6.45) is 6.70. The van der Waals surface area contributed by atoms with Crippen molar-refractivity contribution in [1.82, 2.24) is 19.4 Å². The topological polar surface area (TPSA) is 63.1 Å². The van der Waals surface area contributed by atoms with E-state index in [0.29, 0.717) is 29.3 Å². The highest BCUT2D eigenvalue weighted by Crippen LogP contribution is 2.29. The van der Waals surface area contributed by atoms with E-state index < -0.39 is 0 Å². The average Bonchev–Trinajstić information content (AvgIpc) is 3.45. The Balaban J connectivity index is 1.50. The number of likely N-dealkylation sites (tertiary alicyclic amines) is 1. The van der Waals surface area contributed by atoms with Crippen LogP contribution in [-0.4, -0.2) is 45.1 Å². The lowest BCUT2D eigenvalue weighted by Crippen LogP contribution is -2.40. The summed E-state index contributed by atoms with van der Waals surface area (Å²) in [4.78, 5) is 25.2. The van der Waals surface area contributed by atoms with Gasteiger partial charge < -0.3 is 5.32 Å². The summed E-state index contributed by atoms with van der Waals surface area (Å²) in [6, 6.07) is 20.4. The van der Waals surface area contributed by atoms with Gasteiger partial charge in [-0.15, -0.1) is 0 Å². The van der Waals surface area contributed by atoms with E-state index in [1.54, 1.807) is 36.1 Å². The number of benzene rings is 2. The molecule has 1 saturated heterocycles. The molecule has 2 aromatic heterocycles. The second-order valence-corrected chi connectivity index (χ2v) is 9.23. The van der Waals surface area contributed by atoms with Gasteiger partial charge in [0.2, 0.25) is 5.95 Å². The normalized spacial score (nSPS) is 14.6. The monoisotopic (exact) mass is 483 g/mol. The van der Waals surface area contributed by atoms with E-state index in [4.69, 9.17) is 4.98 Å². The molecule has 6 nitrogen and oxygen atoms in total. The Morgan fingerprint density at radius 1 is 0.944 bits per heavy atom. The maximum absolute atomic E-state index is 13.6. The van der Waals surface area contributed by atoms with Crippen molar-refractivity contribution in [3.8, 4) is 22.4 Å². The van der Waals surface area contributed by atoms with Gasteiger partial charge in [0.1, 0.15) is 5.82 Å². The van der Waals surface area contributed by atoms with Crippen molar-refractivity contribution < 1.29 is 4.39 Å². The molecule has 0 unspecified atom stereocenters. The Hall–Kier alpha value is -3.84. The van der Waals surface area contributed by atoms with Crippen LogP contribution in [0.5, 0.6) is 0 Å². The minimum atomic E-state index is -0.348. The fourth-order valence-corrected chi connectivity index (χ4v) is 4.89. The number of hydrogen-bond donors (Lipinski definition) is 1. The Morgan fingerprint density at radius 2 is 1.64 bits per heavy atom. The van der Waals surface area contributed by atoms with Crippen LogP contribution in [0.4, 0.5) is 10.3 Å². The van der Waals surface area contributed by atoms with Crippen LogP contribution in [-0.2, 0) is 13.5 Å². The molecule has 0 amide bonds. The SMILES string of the molecule is Cn1c(NC[C@@H](Cc2ccccc2)N2CCCC2)nc(-c2ccncc2)c(-c2ccc(F)cc2)c1=O. The second-order valence-electron chi connectivity index (χ2n) is 9.23. The van der Waals surface area contributed by atoms with Gasteiger partial charge in [-0.2, -0.15) is 0 Å². The zero-order valence-corrected chi connectivity index (χ0v) is 20.4. The van der Waals surface area contributed by atoms with Crippen LogP contribution in [0.1, 0.15) is 18.4 Å². The summed E-state index contributed by atoms with van der Waals surface area (Å²) in [5.41, 5.74) is 3.51. The first-order chi connectivity index (χ1) is 17.6. The van der Waals surface area contributed by atoms with Crippen molar-refractivity contribution in [3.05, 3.63) is 101 Å². The summed E-state index contributed by atoms with van der Waals surface area (Å²) in [5, 5.41) is 3.48. The Labute approximate surface area is 210 Å². The number of hydrogen-bond acceptors (Lipinski definition) is 5. The highest BCUT2D eigenvalue weighted by Gasteiger charge is 2.24. The third kappa shape index (κ3) is 5.21. The van der Waals surface area contributed by atoms with Gasteiger partial charge >= 0.3 is 0 Å². The third-order valence-corrected chi connectivity index (χ3v) is 6.84. The van der Waals surface area contributed by atoms with Gasteiger partial charge in [0, 0.05) is 37.6 Å². The largest absolute Gasteiger partial charge is 0.354 e. The number of aromatic nitrogens is 3. The molecule has 0 aliphatic carbocycles. The fraction of sp³-hybridized carbons (Fsp3) is 0.276. The van der Waals surface area contributed by atoms with E-state index in [2.05, 4.69) is 39.5 Å². The molecule has 4 aromatic rings. The van der Waals surface area contributed by atoms with Crippen LogP contribution in [0.15, 0.2) is 83.9 Å². The molecular formula is C29H30FN5O. The Bertz CT molecular complexity index is 1350. The van der Waals surface area contributed by atoms with Gasteiger partial charge in [-0.1, -0.05) is 42.5 Å². The molecule has 2 aromatic carbocycles. The first-order valence-corrected chi connectivity index (χ1v) is 12.4. The van der Waals surface area contributed by atoms with E-state index >= 15 is 0 Å². The molecular weight excluding hydrogens is 453 g/mol. The van der Waals surface area contributed by atoms with E-state index in [1.807, 2.05) is 18.2 Å². The predicted molar refractivity (Wildman–Crippen MR) is 141 cm³/mol. The molecule has 1 N–H and O–H groups in total. The van der Waals surface area contributed by atoms with Crippen molar-refractivity contribution in [2.45, 2.75) is 25.3 Å². The summed E-state index contributed by atoms with van der Waals surface area (Å²) >= 11 is 0. The molecule has 3 heterocycles. The van der Waals surface area contributed by atoms with Crippen molar-refractivity contribution in [2.75, 3.05) is 25.0 Å². The number of halogens is 1. The van der Waals surface area contributed by atoms with Gasteiger partial charge in [0.25, 0.3) is 5.56 Å². The highest BCUT2D eigenvalue weighted by atomic mass is 19.1. The molecule has 7 heteroatoms. The molecule has 0 saturated carbocycles. The molecule has 184 valence electrons. The second kappa shape index (κ2) is 10.8. The zero-order chi connectivity index (χ0) is 24.9. The minimum absolute atomic E-state index is 0.188. The molecule has 1 aliphatic rings. The highest BCUT2D eigenvalue weighted by molar-refractivity contribution is 5.80. The zero-order valence-electron chi connectivity index (χ0n) is 20.4. The van der Waals surface area contributed by atoms with Gasteiger partial charge in [-0.3, -0.25) is 19.2 Å². The van der Waals surface area contributed by atoms with Crippen molar-refractivity contribution >= 4 is 5.95 Å². The fourth-order valence-electron chi connectivity index (χ4n) is 4.89. The van der Waals surface area contributed by atoms with Crippen molar-refractivity contribution in [1.29, 1.82) is 0 Å². The molecule has 1 fully saturated rings. The van der Waals surface area contributed by atoms with E-state index in [1.165, 1.54) is 30.5 Å². The predicted octanol–water partition coefficient (Wildman–Crippen LogP) is 4.77. The van der Waals surface area contributed by atoms with Crippen molar-refractivity contribution in [2.24, 2.45) is 7.05 Å². The minimum Gasteiger partial charge on any atom is -0.354 e. The lowest BCUT2D eigenvalue weighted by atomic mass is 10.0. The summed E-state index contributed by atoms with van der Waals surface area (Å²) in [6.45, 7) is 2.83. The average molecular weight is 484 g/mol. The Morgan fingerprint density at radius 3 is 2.33 bits per heavy atom. The van der Waals surface area contributed by atoms with Gasteiger partial charge in [0.15, 0.2) is 0 Å². The summed E-state index contributed by atoms with van der Waals surface area (Å²) in [7, 11) is 1.73. The lowest BCUT2D eigenvalue weighted by molar-refractivity contribution is 0.250. The van der Waals surface area contributed by atoms with Crippen LogP contribution in [0.2, 0.25) is 0 Å². The van der Waals surface area contributed by atoms with E-state index in [0.717, 1.165) is 25.1 Å². The number of rotatable bonds is 8. The quantitative estimate of drug-likeness (QED) is 0.391. The van der Waals surface area contributed by atoms with Gasteiger partial charge in [-0.25, -0.2) is 9.37 Å². The Kier molecular flexibility index (Phi) is 7.18. The van der Waals surface area contributed by atoms with Crippen LogP contribution in [0.25, 0.3) is 22.4 Å². The molecule has 5 rings (SSSR count). The summed E-state index contributed by atoms with van der Waals surface area (Å²) in [5.74, 6) is 0.161. The molecule has 36 heavy (non-hydrogen) atoms. The molecule has 0 radical (unpaired) electrons. The third-order valence-electron chi connectivity index (χ3n) is 6.84. The van der Waals surface area contributed by atoms with Crippen LogP contribution in [0, 0.1) is 5.82 Å². The van der Waals surface area contributed by atoms with Crippen molar-refractivity contribution in [3.63, 3.8) is 0 Å². The standard InChI is InChI=1S/C29H30FN5O/c1-34-28(36)26(22-9-11-24(30)12-10-22)27(23-13-15-31-16-14-23)33-29(34)32-20-25(35-17-5-6-18-35)19-21-7-3-2-4-8-21/h2-4,7-16,25H,5-6,17-20H2,1H3,(H,32,33)/t25-/m1/s1. The smallest absolute Gasteiger partial charge is 0.263 e. The van der Waals surface area contributed by atoms with Gasteiger partial charge in [-0.05, 0) is 67.7 Å². The van der Waals surface area contributed by atoms with E-state index in [-0.39, 0.29) is 17.4 Å². The lowest BCUT2D eigenvalue weighted by Gasteiger charge is -2.28. The maximum Gasteiger partial charge on any atom is 0.263 e. The van der Waals surface area contributed by atoms with Crippen LogP contribution in [0.3, 0.4) is 0 Å². The maximum atomic E-state index is 13.6.